The van der Waals surface area contributed by atoms with Crippen molar-refractivity contribution >= 4 is 25.0 Å². The number of rotatable bonds is 3. The van der Waals surface area contributed by atoms with Crippen molar-refractivity contribution in [3.63, 3.8) is 0 Å². The molecule has 0 aliphatic rings. The summed E-state index contributed by atoms with van der Waals surface area (Å²) in [6.07, 6.45) is 0.304. The molecule has 0 saturated carbocycles. The van der Waals surface area contributed by atoms with Gasteiger partial charge in [-0.05, 0) is 36.4 Å². The molecule has 16 heavy (non-hydrogen) atoms. The molecule has 0 amide bonds. The largest absolute Gasteiger partial charge is 0.410 e. The Labute approximate surface area is 98.8 Å². The summed E-state index contributed by atoms with van der Waals surface area (Å²) < 4.78 is 5.95. The molecule has 2 aromatic rings. The molecule has 2 rings (SSSR count). The minimum absolute atomic E-state index is 0.304. The fraction of sp³-hybridized carbons (Fsp3) is 0.286. The van der Waals surface area contributed by atoms with E-state index in [1.807, 2.05) is 0 Å². The first-order valence-electron chi connectivity index (χ1n) is 5.67. The Morgan fingerprint density at radius 2 is 1.69 bits per heavy atom. The number of fused-ring (bicyclic) bond motifs is 1. The summed E-state index contributed by atoms with van der Waals surface area (Å²) in [5, 5.41) is 4.01. The molecule has 0 spiro atoms. The molecule has 1 nitrogen and oxygen atoms in total. The lowest BCUT2D eigenvalue weighted by Crippen LogP contribution is -2.33. The van der Waals surface area contributed by atoms with Crippen LogP contribution in [0.25, 0.3) is 10.8 Å². The van der Waals surface area contributed by atoms with E-state index in [0.29, 0.717) is 6.10 Å². The smallest absolute Gasteiger partial charge is 0.244 e. The van der Waals surface area contributed by atoms with Gasteiger partial charge in [-0.3, -0.25) is 0 Å². The Balaban J connectivity index is 2.44. The number of hydrogen-bond acceptors (Lipinski definition) is 1. The van der Waals surface area contributed by atoms with Crippen molar-refractivity contribution in [2.75, 3.05) is 0 Å². The molecule has 0 aliphatic heterocycles. The minimum Gasteiger partial charge on any atom is -0.410 e. The van der Waals surface area contributed by atoms with Gasteiger partial charge in [0.15, 0.2) is 0 Å². The lowest BCUT2D eigenvalue weighted by molar-refractivity contribution is 0.250. The van der Waals surface area contributed by atoms with Crippen LogP contribution < -0.4 is 5.19 Å². The van der Waals surface area contributed by atoms with Gasteiger partial charge in [-0.15, -0.1) is 0 Å². The molecule has 0 aromatic heterocycles. The highest BCUT2D eigenvalue weighted by molar-refractivity contribution is 6.68. The monoisotopic (exact) mass is 229 g/mol. The highest BCUT2D eigenvalue weighted by atomic mass is 28.3. The summed E-state index contributed by atoms with van der Waals surface area (Å²) in [6, 6.07) is 15.0. The summed E-state index contributed by atoms with van der Waals surface area (Å²) in [6.45, 7) is 6.41. The van der Waals surface area contributed by atoms with Gasteiger partial charge in [-0.1, -0.05) is 42.5 Å². The standard InChI is InChI=1S/C14H17OSi/c1-11(2)15-16(3)14-10-6-8-12-7-4-5-9-13(12)14/h4-11H,1-3H3. The van der Waals surface area contributed by atoms with Gasteiger partial charge in [-0.2, -0.15) is 0 Å². The van der Waals surface area contributed by atoms with Gasteiger partial charge in [0.2, 0.25) is 9.04 Å². The van der Waals surface area contributed by atoms with E-state index >= 15 is 0 Å². The van der Waals surface area contributed by atoms with Crippen LogP contribution in [0.2, 0.25) is 6.55 Å². The third-order valence-corrected chi connectivity index (χ3v) is 4.60. The summed E-state index contributed by atoms with van der Waals surface area (Å²) in [4.78, 5) is 0. The predicted octanol–water partition coefficient (Wildman–Crippen LogP) is 3.09. The molecule has 0 heterocycles. The maximum Gasteiger partial charge on any atom is 0.244 e. The van der Waals surface area contributed by atoms with Gasteiger partial charge >= 0.3 is 0 Å². The first-order chi connectivity index (χ1) is 7.68. The van der Waals surface area contributed by atoms with Gasteiger partial charge in [0.1, 0.15) is 0 Å². The molecular weight excluding hydrogens is 212 g/mol. The Morgan fingerprint density at radius 1 is 1.00 bits per heavy atom. The molecule has 0 atom stereocenters. The molecule has 0 unspecified atom stereocenters. The van der Waals surface area contributed by atoms with Gasteiger partial charge in [0, 0.05) is 6.10 Å². The van der Waals surface area contributed by atoms with Crippen molar-refractivity contribution in [1.29, 1.82) is 0 Å². The Morgan fingerprint density at radius 3 is 2.44 bits per heavy atom. The Hall–Kier alpha value is -1.12. The second-order valence-corrected chi connectivity index (χ2v) is 6.14. The second-order valence-electron chi connectivity index (χ2n) is 4.25. The summed E-state index contributed by atoms with van der Waals surface area (Å²) >= 11 is 0. The molecule has 0 saturated heterocycles. The van der Waals surface area contributed by atoms with Crippen LogP contribution in [0.1, 0.15) is 13.8 Å². The lowest BCUT2D eigenvalue weighted by atomic mass is 10.1. The average molecular weight is 229 g/mol. The van der Waals surface area contributed by atoms with Crippen molar-refractivity contribution in [2.24, 2.45) is 0 Å². The van der Waals surface area contributed by atoms with Crippen molar-refractivity contribution < 1.29 is 4.43 Å². The summed E-state index contributed by atoms with van der Waals surface area (Å²) in [5.74, 6) is 0. The van der Waals surface area contributed by atoms with E-state index in [1.165, 1.54) is 16.0 Å². The molecule has 2 heteroatoms. The topological polar surface area (TPSA) is 9.23 Å². The van der Waals surface area contributed by atoms with Crippen LogP contribution in [0, 0.1) is 0 Å². The van der Waals surface area contributed by atoms with Crippen LogP contribution in [0.3, 0.4) is 0 Å². The predicted molar refractivity (Wildman–Crippen MR) is 71.4 cm³/mol. The molecule has 0 aliphatic carbocycles. The van der Waals surface area contributed by atoms with Gasteiger partial charge < -0.3 is 4.43 Å². The average Bonchev–Trinajstić information content (AvgIpc) is 2.27. The van der Waals surface area contributed by atoms with Crippen LogP contribution in [0.15, 0.2) is 42.5 Å². The Bertz CT molecular complexity index is 474. The van der Waals surface area contributed by atoms with Gasteiger partial charge in [0.25, 0.3) is 0 Å². The van der Waals surface area contributed by atoms with E-state index < -0.39 is 9.04 Å². The van der Waals surface area contributed by atoms with E-state index in [-0.39, 0.29) is 0 Å². The van der Waals surface area contributed by atoms with Crippen molar-refractivity contribution in [3.8, 4) is 0 Å². The second kappa shape index (κ2) is 4.81. The van der Waals surface area contributed by atoms with E-state index in [4.69, 9.17) is 4.43 Å². The van der Waals surface area contributed by atoms with E-state index in [9.17, 15) is 0 Å². The molecule has 1 radical (unpaired) electrons. The van der Waals surface area contributed by atoms with Crippen LogP contribution in [0.5, 0.6) is 0 Å². The number of hydrogen-bond donors (Lipinski definition) is 0. The highest BCUT2D eigenvalue weighted by Gasteiger charge is 2.13. The fourth-order valence-corrected chi connectivity index (χ4v) is 3.72. The Kier molecular flexibility index (Phi) is 3.41. The minimum atomic E-state index is -0.892. The molecule has 0 bridgehead atoms. The van der Waals surface area contributed by atoms with Crippen LogP contribution in [-0.2, 0) is 4.43 Å². The molecular formula is C14H17OSi. The summed E-state index contributed by atoms with van der Waals surface area (Å²) in [5.41, 5.74) is 0. The van der Waals surface area contributed by atoms with Crippen molar-refractivity contribution in [2.45, 2.75) is 26.5 Å². The van der Waals surface area contributed by atoms with Gasteiger partial charge in [-0.25, -0.2) is 0 Å². The van der Waals surface area contributed by atoms with Gasteiger partial charge in [0.05, 0.1) is 0 Å². The zero-order valence-electron chi connectivity index (χ0n) is 10.0. The van der Waals surface area contributed by atoms with Crippen LogP contribution >= 0.6 is 0 Å². The third kappa shape index (κ3) is 2.34. The fourth-order valence-electron chi connectivity index (χ4n) is 1.95. The van der Waals surface area contributed by atoms with Crippen LogP contribution in [0.4, 0.5) is 0 Å². The third-order valence-electron chi connectivity index (χ3n) is 2.58. The molecule has 0 fully saturated rings. The lowest BCUT2D eigenvalue weighted by Gasteiger charge is -2.16. The number of benzene rings is 2. The molecule has 0 N–H and O–H groups in total. The summed E-state index contributed by atoms with van der Waals surface area (Å²) in [7, 11) is -0.892. The first-order valence-corrected chi connectivity index (χ1v) is 7.57. The quantitative estimate of drug-likeness (QED) is 0.735. The normalized spacial score (nSPS) is 11.6. The maximum absolute atomic E-state index is 5.95. The van der Waals surface area contributed by atoms with E-state index in [1.54, 1.807) is 0 Å². The SMILES string of the molecule is CC(C)O[Si](C)c1cccc2ccccc12. The highest BCUT2D eigenvalue weighted by Crippen LogP contribution is 2.12. The molecule has 2 aromatic carbocycles. The first kappa shape index (κ1) is 11.4. The maximum atomic E-state index is 5.95. The zero-order valence-corrected chi connectivity index (χ0v) is 11.0. The van der Waals surface area contributed by atoms with Crippen molar-refractivity contribution in [1.82, 2.24) is 0 Å². The zero-order chi connectivity index (χ0) is 11.5. The van der Waals surface area contributed by atoms with Crippen LogP contribution in [-0.4, -0.2) is 15.1 Å². The van der Waals surface area contributed by atoms with Crippen molar-refractivity contribution in [3.05, 3.63) is 42.5 Å². The molecule has 83 valence electrons. The van der Waals surface area contributed by atoms with E-state index in [0.717, 1.165) is 0 Å². The van der Waals surface area contributed by atoms with E-state index in [2.05, 4.69) is 62.9 Å².